The first-order chi connectivity index (χ1) is 13.4. The van der Waals surface area contributed by atoms with Gasteiger partial charge in [-0.3, -0.25) is 14.4 Å². The summed E-state index contributed by atoms with van der Waals surface area (Å²) < 4.78 is 0. The molecule has 0 radical (unpaired) electrons. The van der Waals surface area contributed by atoms with Crippen molar-refractivity contribution in [2.24, 2.45) is 5.92 Å². The number of nitrogens with zero attached hydrogens (tertiary/aromatic N) is 1. The van der Waals surface area contributed by atoms with Gasteiger partial charge in [0.15, 0.2) is 0 Å². The molecule has 0 aromatic heterocycles. The van der Waals surface area contributed by atoms with Crippen LogP contribution in [-0.2, 0) is 20.8 Å². The Morgan fingerprint density at radius 2 is 1.86 bits per heavy atom. The molecule has 1 atom stereocenters. The van der Waals surface area contributed by atoms with Crippen molar-refractivity contribution < 1.29 is 14.4 Å². The molecule has 0 aliphatic carbocycles. The predicted molar refractivity (Wildman–Crippen MR) is 109 cm³/mol. The first kappa shape index (κ1) is 19.6. The van der Waals surface area contributed by atoms with E-state index in [2.05, 4.69) is 10.6 Å². The van der Waals surface area contributed by atoms with E-state index in [-0.39, 0.29) is 30.6 Å². The lowest BCUT2D eigenvalue weighted by Gasteiger charge is -2.20. The molecule has 6 nitrogen and oxygen atoms in total. The maximum absolute atomic E-state index is 12.8. The predicted octanol–water partition coefficient (Wildman–Crippen LogP) is 2.58. The van der Waals surface area contributed by atoms with E-state index < -0.39 is 5.92 Å². The average Bonchev–Trinajstić information content (AvgIpc) is 3.07. The maximum atomic E-state index is 12.8. The van der Waals surface area contributed by atoms with Crippen molar-refractivity contribution in [3.63, 3.8) is 0 Å². The number of anilines is 2. The lowest BCUT2D eigenvalue weighted by molar-refractivity contribution is -0.122. The molecule has 0 saturated carbocycles. The van der Waals surface area contributed by atoms with Crippen LogP contribution in [0.15, 0.2) is 42.5 Å². The minimum atomic E-state index is -0.430. The van der Waals surface area contributed by atoms with Gasteiger partial charge in [0, 0.05) is 31.4 Å². The SMILES string of the molecule is CNC(=O)Cc1ccccc1NC(=O)C1CC(=O)N(c2cccc(C)c2C)C1. The van der Waals surface area contributed by atoms with E-state index in [4.69, 9.17) is 0 Å². The van der Waals surface area contributed by atoms with Gasteiger partial charge < -0.3 is 15.5 Å². The van der Waals surface area contributed by atoms with Crippen LogP contribution in [0.3, 0.4) is 0 Å². The number of amides is 3. The largest absolute Gasteiger partial charge is 0.359 e. The minimum Gasteiger partial charge on any atom is -0.359 e. The van der Waals surface area contributed by atoms with E-state index in [1.165, 1.54) is 0 Å². The normalized spacial score (nSPS) is 16.2. The van der Waals surface area contributed by atoms with Crippen LogP contribution in [0, 0.1) is 19.8 Å². The third kappa shape index (κ3) is 4.06. The van der Waals surface area contributed by atoms with Crippen LogP contribution in [0.4, 0.5) is 11.4 Å². The van der Waals surface area contributed by atoms with E-state index in [1.807, 2.05) is 50.2 Å². The van der Waals surface area contributed by atoms with E-state index in [0.29, 0.717) is 12.2 Å². The summed E-state index contributed by atoms with van der Waals surface area (Å²) in [5, 5.41) is 5.49. The van der Waals surface area contributed by atoms with E-state index >= 15 is 0 Å². The summed E-state index contributed by atoms with van der Waals surface area (Å²) in [7, 11) is 1.58. The number of hydrogen-bond donors (Lipinski definition) is 2. The highest BCUT2D eigenvalue weighted by Gasteiger charge is 2.36. The zero-order chi connectivity index (χ0) is 20.3. The second-order valence-electron chi connectivity index (χ2n) is 7.12. The monoisotopic (exact) mass is 379 g/mol. The Labute approximate surface area is 164 Å². The van der Waals surface area contributed by atoms with Gasteiger partial charge in [0.25, 0.3) is 0 Å². The summed E-state index contributed by atoms with van der Waals surface area (Å²) in [4.78, 5) is 38.8. The van der Waals surface area contributed by atoms with Crippen molar-refractivity contribution in [3.05, 3.63) is 59.2 Å². The summed E-state index contributed by atoms with van der Waals surface area (Å²) in [6.07, 6.45) is 0.363. The molecule has 146 valence electrons. The van der Waals surface area contributed by atoms with Crippen LogP contribution in [-0.4, -0.2) is 31.3 Å². The van der Waals surface area contributed by atoms with Crippen molar-refractivity contribution in [1.29, 1.82) is 0 Å². The van der Waals surface area contributed by atoms with Gasteiger partial charge >= 0.3 is 0 Å². The molecule has 1 unspecified atom stereocenters. The quantitative estimate of drug-likeness (QED) is 0.838. The summed E-state index contributed by atoms with van der Waals surface area (Å²) in [5.74, 6) is -0.808. The van der Waals surface area contributed by atoms with E-state index in [1.54, 1.807) is 18.0 Å². The lowest BCUT2D eigenvalue weighted by Crippen LogP contribution is -2.29. The number of rotatable bonds is 5. The van der Waals surface area contributed by atoms with Crippen molar-refractivity contribution in [1.82, 2.24) is 5.32 Å². The standard InChI is InChI=1S/C22H25N3O3/c1-14-7-6-10-19(15(14)2)25-13-17(12-21(25)27)22(28)24-18-9-5-4-8-16(18)11-20(26)23-3/h4-10,17H,11-13H2,1-3H3,(H,23,26)(H,24,28). The average molecular weight is 379 g/mol. The van der Waals surface area contributed by atoms with Crippen LogP contribution in [0.1, 0.15) is 23.1 Å². The highest BCUT2D eigenvalue weighted by Crippen LogP contribution is 2.30. The molecule has 2 aromatic rings. The Morgan fingerprint density at radius 1 is 1.11 bits per heavy atom. The third-order valence-corrected chi connectivity index (χ3v) is 5.27. The number of aryl methyl sites for hydroxylation is 1. The fourth-order valence-corrected chi connectivity index (χ4v) is 3.44. The zero-order valence-electron chi connectivity index (χ0n) is 16.4. The van der Waals surface area contributed by atoms with Gasteiger partial charge in [-0.05, 0) is 42.7 Å². The van der Waals surface area contributed by atoms with Crippen molar-refractivity contribution >= 4 is 29.1 Å². The fraction of sp³-hybridized carbons (Fsp3) is 0.318. The number of nitrogens with one attached hydrogen (secondary N) is 2. The first-order valence-electron chi connectivity index (χ1n) is 9.36. The van der Waals surface area contributed by atoms with Crippen LogP contribution in [0.2, 0.25) is 0 Å². The number of carbonyl (C=O) groups is 3. The van der Waals surface area contributed by atoms with E-state index in [9.17, 15) is 14.4 Å². The molecule has 1 fully saturated rings. The van der Waals surface area contributed by atoms with Gasteiger partial charge in [0.2, 0.25) is 17.7 Å². The molecule has 0 spiro atoms. The topological polar surface area (TPSA) is 78.5 Å². The van der Waals surface area contributed by atoms with E-state index in [0.717, 1.165) is 22.4 Å². The molecule has 28 heavy (non-hydrogen) atoms. The molecule has 2 aromatic carbocycles. The summed E-state index contributed by atoms with van der Waals surface area (Å²) in [6.45, 7) is 4.35. The molecule has 3 rings (SSSR count). The smallest absolute Gasteiger partial charge is 0.229 e. The Kier molecular flexibility index (Phi) is 5.78. The summed E-state index contributed by atoms with van der Waals surface area (Å²) in [6, 6.07) is 13.1. The van der Waals surface area contributed by atoms with Crippen LogP contribution in [0.25, 0.3) is 0 Å². The van der Waals surface area contributed by atoms with Crippen LogP contribution < -0.4 is 15.5 Å². The van der Waals surface area contributed by atoms with Crippen molar-refractivity contribution in [2.75, 3.05) is 23.8 Å². The van der Waals surface area contributed by atoms with Gasteiger partial charge in [-0.15, -0.1) is 0 Å². The fourth-order valence-electron chi connectivity index (χ4n) is 3.44. The Bertz CT molecular complexity index is 923. The Balaban J connectivity index is 1.74. The molecule has 3 amide bonds. The molecule has 1 heterocycles. The highest BCUT2D eigenvalue weighted by atomic mass is 16.2. The molecule has 6 heteroatoms. The number of likely N-dealkylation sites (N-methyl/N-ethyl adjacent to an activating group) is 1. The lowest BCUT2D eigenvalue weighted by atomic mass is 10.1. The van der Waals surface area contributed by atoms with Gasteiger partial charge in [-0.25, -0.2) is 0 Å². The second-order valence-corrected chi connectivity index (χ2v) is 7.12. The third-order valence-electron chi connectivity index (χ3n) is 5.27. The number of benzene rings is 2. The maximum Gasteiger partial charge on any atom is 0.229 e. The number of para-hydroxylation sites is 1. The molecule has 1 aliphatic heterocycles. The molecule has 1 aliphatic rings. The first-order valence-corrected chi connectivity index (χ1v) is 9.36. The number of hydrogen-bond acceptors (Lipinski definition) is 3. The number of carbonyl (C=O) groups excluding carboxylic acids is 3. The molecular formula is C22H25N3O3. The van der Waals surface area contributed by atoms with Crippen LogP contribution >= 0.6 is 0 Å². The zero-order valence-corrected chi connectivity index (χ0v) is 16.4. The Morgan fingerprint density at radius 3 is 2.61 bits per heavy atom. The minimum absolute atomic E-state index is 0.0486. The Hall–Kier alpha value is -3.15. The summed E-state index contributed by atoms with van der Waals surface area (Å²) in [5.41, 5.74) is 4.37. The van der Waals surface area contributed by atoms with Crippen LogP contribution in [0.5, 0.6) is 0 Å². The van der Waals surface area contributed by atoms with Crippen molar-refractivity contribution in [2.45, 2.75) is 26.7 Å². The molecule has 1 saturated heterocycles. The molecular weight excluding hydrogens is 354 g/mol. The van der Waals surface area contributed by atoms with Gasteiger partial charge in [-0.1, -0.05) is 30.3 Å². The van der Waals surface area contributed by atoms with Gasteiger partial charge in [-0.2, -0.15) is 0 Å². The van der Waals surface area contributed by atoms with Gasteiger partial charge in [0.05, 0.1) is 12.3 Å². The second kappa shape index (κ2) is 8.25. The highest BCUT2D eigenvalue weighted by molar-refractivity contribution is 6.04. The molecule has 0 bridgehead atoms. The van der Waals surface area contributed by atoms with Crippen molar-refractivity contribution in [3.8, 4) is 0 Å². The summed E-state index contributed by atoms with van der Waals surface area (Å²) >= 11 is 0. The molecule has 2 N–H and O–H groups in total. The van der Waals surface area contributed by atoms with Gasteiger partial charge in [0.1, 0.15) is 0 Å².